The number of imide groups is 2. The molecule has 7 nitrogen and oxygen atoms in total. The molecule has 1 aromatic carbocycles. The van der Waals surface area contributed by atoms with Gasteiger partial charge in [0, 0.05) is 0 Å². The summed E-state index contributed by atoms with van der Waals surface area (Å²) in [5.41, 5.74) is 0.607. The van der Waals surface area contributed by atoms with Crippen molar-refractivity contribution in [2.45, 2.75) is 6.54 Å². The van der Waals surface area contributed by atoms with Gasteiger partial charge in [-0.05, 0) is 42.0 Å². The number of amides is 4. The van der Waals surface area contributed by atoms with Crippen LogP contribution < -0.4 is 10.1 Å². The smallest absolute Gasteiger partial charge is 0.331 e. The number of urea groups is 1. The van der Waals surface area contributed by atoms with E-state index in [2.05, 4.69) is 5.32 Å². The Morgan fingerprint density at radius 3 is 2.58 bits per heavy atom. The topological polar surface area (TPSA) is 88.8 Å². The molecule has 2 aromatic rings. The second-order valence-electron chi connectivity index (χ2n) is 5.45. The molecule has 4 amide bonds. The van der Waals surface area contributed by atoms with Crippen molar-refractivity contribution in [2.75, 3.05) is 7.11 Å². The molecule has 1 aromatic heterocycles. The lowest BCUT2D eigenvalue weighted by atomic mass is 10.1. The SMILES string of the molecule is COc1ccc(CN2C(=O)NC(=O)C(=CC=Cc3ccco3)C2=O)cc1. The van der Waals surface area contributed by atoms with Gasteiger partial charge in [-0.1, -0.05) is 18.2 Å². The maximum atomic E-state index is 12.6. The highest BCUT2D eigenvalue weighted by molar-refractivity contribution is 6.28. The van der Waals surface area contributed by atoms with Crippen molar-refractivity contribution in [1.82, 2.24) is 10.2 Å². The molecule has 0 radical (unpaired) electrons. The molecular formula is C19H16N2O5. The number of rotatable bonds is 5. The lowest BCUT2D eigenvalue weighted by Crippen LogP contribution is -2.53. The molecule has 0 unspecified atom stereocenters. The van der Waals surface area contributed by atoms with E-state index in [1.807, 2.05) is 0 Å². The predicted molar refractivity (Wildman–Crippen MR) is 92.9 cm³/mol. The largest absolute Gasteiger partial charge is 0.497 e. The molecule has 0 atom stereocenters. The molecule has 1 N–H and O–H groups in total. The van der Waals surface area contributed by atoms with Gasteiger partial charge in [0.25, 0.3) is 11.8 Å². The molecule has 3 rings (SSSR count). The average molecular weight is 352 g/mol. The Kier molecular flexibility index (Phi) is 4.98. The van der Waals surface area contributed by atoms with Crippen LogP contribution in [0, 0.1) is 0 Å². The Morgan fingerprint density at radius 2 is 1.92 bits per heavy atom. The summed E-state index contributed by atoms with van der Waals surface area (Å²) in [6.45, 7) is 0.0428. The third-order valence-electron chi connectivity index (χ3n) is 3.75. The highest BCUT2D eigenvalue weighted by Gasteiger charge is 2.35. The summed E-state index contributed by atoms with van der Waals surface area (Å²) in [5.74, 6) is -0.132. The molecule has 1 saturated heterocycles. The first-order chi connectivity index (χ1) is 12.6. The van der Waals surface area contributed by atoms with Crippen molar-refractivity contribution in [1.29, 1.82) is 0 Å². The number of allylic oxidation sites excluding steroid dienone is 2. The molecule has 1 aliphatic rings. The fraction of sp³-hybridized carbons (Fsp3) is 0.105. The van der Waals surface area contributed by atoms with Gasteiger partial charge >= 0.3 is 6.03 Å². The number of methoxy groups -OCH3 is 1. The lowest BCUT2D eigenvalue weighted by molar-refractivity contribution is -0.130. The van der Waals surface area contributed by atoms with Crippen LogP contribution in [-0.4, -0.2) is 29.9 Å². The van der Waals surface area contributed by atoms with Crippen LogP contribution in [0.3, 0.4) is 0 Å². The number of barbiturate groups is 1. The summed E-state index contributed by atoms with van der Waals surface area (Å²) >= 11 is 0. The zero-order valence-corrected chi connectivity index (χ0v) is 14.0. The molecule has 7 heteroatoms. The van der Waals surface area contributed by atoms with Crippen molar-refractivity contribution in [2.24, 2.45) is 0 Å². The first-order valence-electron chi connectivity index (χ1n) is 7.80. The average Bonchev–Trinajstić information content (AvgIpc) is 3.15. The van der Waals surface area contributed by atoms with Crippen molar-refractivity contribution in [3.63, 3.8) is 0 Å². The number of benzene rings is 1. The van der Waals surface area contributed by atoms with Crippen LogP contribution >= 0.6 is 0 Å². The number of nitrogens with zero attached hydrogens (tertiary/aromatic N) is 1. The second kappa shape index (κ2) is 7.52. The summed E-state index contributed by atoms with van der Waals surface area (Å²) in [5, 5.41) is 2.17. The summed E-state index contributed by atoms with van der Waals surface area (Å²) in [7, 11) is 1.55. The first kappa shape index (κ1) is 17.2. The fourth-order valence-electron chi connectivity index (χ4n) is 2.40. The highest BCUT2D eigenvalue weighted by atomic mass is 16.5. The molecule has 132 valence electrons. The third kappa shape index (κ3) is 3.72. The van der Waals surface area contributed by atoms with E-state index < -0.39 is 17.8 Å². The number of ether oxygens (including phenoxy) is 1. The first-order valence-corrected chi connectivity index (χ1v) is 7.80. The van der Waals surface area contributed by atoms with E-state index in [1.54, 1.807) is 49.6 Å². The number of furan rings is 1. The Hall–Kier alpha value is -3.61. The summed E-state index contributed by atoms with van der Waals surface area (Å²) in [4.78, 5) is 37.5. The Morgan fingerprint density at radius 1 is 1.15 bits per heavy atom. The Bertz CT molecular complexity index is 879. The van der Waals surface area contributed by atoms with E-state index in [1.165, 1.54) is 18.4 Å². The van der Waals surface area contributed by atoms with Gasteiger partial charge in [-0.3, -0.25) is 19.8 Å². The van der Waals surface area contributed by atoms with Gasteiger partial charge in [-0.25, -0.2) is 4.79 Å². The van der Waals surface area contributed by atoms with Gasteiger partial charge in [0.15, 0.2) is 0 Å². The van der Waals surface area contributed by atoms with Gasteiger partial charge in [0.05, 0.1) is 19.9 Å². The molecule has 1 aliphatic heterocycles. The quantitative estimate of drug-likeness (QED) is 0.660. The molecule has 0 saturated carbocycles. The standard InChI is InChI=1S/C19H16N2O5/c1-25-14-9-7-13(8-10-14)12-21-18(23)16(17(22)20-19(21)24)6-2-4-15-5-3-11-26-15/h2-11H,12H2,1H3,(H,20,22,24). The molecular weight excluding hydrogens is 336 g/mol. The summed E-state index contributed by atoms with van der Waals surface area (Å²) in [6.07, 6.45) is 6.00. The lowest BCUT2D eigenvalue weighted by Gasteiger charge is -2.26. The maximum Gasteiger partial charge on any atom is 0.331 e. The van der Waals surface area contributed by atoms with Gasteiger partial charge in [-0.2, -0.15) is 0 Å². The molecule has 1 fully saturated rings. The van der Waals surface area contributed by atoms with E-state index >= 15 is 0 Å². The number of hydrogen-bond acceptors (Lipinski definition) is 5. The van der Waals surface area contributed by atoms with E-state index in [0.717, 1.165) is 10.5 Å². The van der Waals surface area contributed by atoms with Crippen LogP contribution in [0.25, 0.3) is 6.08 Å². The van der Waals surface area contributed by atoms with Gasteiger partial charge in [-0.15, -0.1) is 0 Å². The van der Waals surface area contributed by atoms with E-state index in [-0.39, 0.29) is 12.1 Å². The van der Waals surface area contributed by atoms with Crippen molar-refractivity contribution < 1.29 is 23.5 Å². The zero-order valence-electron chi connectivity index (χ0n) is 14.0. The van der Waals surface area contributed by atoms with Crippen LogP contribution in [0.15, 0.2) is 64.8 Å². The Balaban J connectivity index is 1.78. The predicted octanol–water partition coefficient (Wildman–Crippen LogP) is 2.51. The number of hydrogen-bond donors (Lipinski definition) is 1. The third-order valence-corrected chi connectivity index (χ3v) is 3.75. The zero-order chi connectivity index (χ0) is 18.5. The van der Waals surface area contributed by atoms with Crippen LogP contribution in [0.2, 0.25) is 0 Å². The summed E-state index contributed by atoms with van der Waals surface area (Å²) < 4.78 is 10.2. The highest BCUT2D eigenvalue weighted by Crippen LogP contribution is 2.17. The molecule has 26 heavy (non-hydrogen) atoms. The van der Waals surface area contributed by atoms with E-state index in [9.17, 15) is 14.4 Å². The Labute approximate surface area is 149 Å². The molecule has 0 bridgehead atoms. The van der Waals surface area contributed by atoms with Gasteiger partial charge in [0.2, 0.25) is 0 Å². The minimum Gasteiger partial charge on any atom is -0.497 e. The number of carbonyl (C=O) groups is 3. The van der Waals surface area contributed by atoms with E-state index in [0.29, 0.717) is 11.5 Å². The monoisotopic (exact) mass is 352 g/mol. The van der Waals surface area contributed by atoms with Crippen LogP contribution in [0.4, 0.5) is 4.79 Å². The minimum absolute atomic E-state index is 0.0428. The molecule has 0 aliphatic carbocycles. The minimum atomic E-state index is -0.747. The fourth-order valence-corrected chi connectivity index (χ4v) is 2.40. The molecule has 2 heterocycles. The maximum absolute atomic E-state index is 12.6. The number of carbonyl (C=O) groups excluding carboxylic acids is 3. The van der Waals surface area contributed by atoms with Crippen LogP contribution in [0.1, 0.15) is 11.3 Å². The van der Waals surface area contributed by atoms with Gasteiger partial charge in [0.1, 0.15) is 17.1 Å². The molecule has 0 spiro atoms. The van der Waals surface area contributed by atoms with Crippen molar-refractivity contribution in [3.05, 3.63) is 71.7 Å². The van der Waals surface area contributed by atoms with Crippen LogP contribution in [0.5, 0.6) is 5.75 Å². The van der Waals surface area contributed by atoms with Gasteiger partial charge < -0.3 is 9.15 Å². The van der Waals surface area contributed by atoms with Crippen LogP contribution in [-0.2, 0) is 16.1 Å². The van der Waals surface area contributed by atoms with E-state index in [4.69, 9.17) is 9.15 Å². The van der Waals surface area contributed by atoms with Crippen molar-refractivity contribution >= 4 is 23.9 Å². The summed E-state index contributed by atoms with van der Waals surface area (Å²) in [6, 6.07) is 9.66. The van der Waals surface area contributed by atoms with Crippen molar-refractivity contribution in [3.8, 4) is 5.75 Å². The second-order valence-corrected chi connectivity index (χ2v) is 5.45. The normalized spacial score (nSPS) is 16.4. The number of nitrogens with one attached hydrogen (secondary N) is 1.